The standard InChI is InChI=1S/C22H25N5O3/c1-14(22(29)25-12-16-9-15-11-24-8-7-19(15)26-16)27-13-18(10-20(27)21(23)28)30-17-5-3-2-4-6-17/h2-9,11,14,18,20,26H,10,12-13H2,1H3,(H2,23,28)(H,25,29)/t14-,18?,20?/m0/s1. The molecule has 8 nitrogen and oxygen atoms in total. The summed E-state index contributed by atoms with van der Waals surface area (Å²) in [5, 5.41) is 3.93. The summed E-state index contributed by atoms with van der Waals surface area (Å²) in [7, 11) is 0. The largest absolute Gasteiger partial charge is 0.489 e. The first kappa shape index (κ1) is 19.9. The number of benzene rings is 1. The third kappa shape index (κ3) is 4.28. The van der Waals surface area contributed by atoms with E-state index in [2.05, 4.69) is 15.3 Å². The zero-order valence-electron chi connectivity index (χ0n) is 16.7. The Morgan fingerprint density at radius 1 is 1.33 bits per heavy atom. The molecular formula is C22H25N5O3. The summed E-state index contributed by atoms with van der Waals surface area (Å²) in [6.45, 7) is 2.59. The number of likely N-dealkylation sites (tertiary alicyclic amines) is 1. The van der Waals surface area contributed by atoms with Gasteiger partial charge in [-0.15, -0.1) is 0 Å². The van der Waals surface area contributed by atoms with Gasteiger partial charge >= 0.3 is 0 Å². The molecule has 0 aliphatic carbocycles. The number of pyridine rings is 1. The summed E-state index contributed by atoms with van der Waals surface area (Å²) in [6, 6.07) is 12.2. The predicted octanol–water partition coefficient (Wildman–Crippen LogP) is 1.57. The number of carbonyl (C=O) groups is 2. The zero-order chi connectivity index (χ0) is 21.1. The molecule has 30 heavy (non-hydrogen) atoms. The van der Waals surface area contributed by atoms with Gasteiger partial charge in [0.1, 0.15) is 11.9 Å². The summed E-state index contributed by atoms with van der Waals surface area (Å²) in [5.74, 6) is 0.119. The van der Waals surface area contributed by atoms with Crippen LogP contribution in [0.3, 0.4) is 0 Å². The molecule has 2 unspecified atom stereocenters. The highest BCUT2D eigenvalue weighted by Gasteiger charge is 2.41. The van der Waals surface area contributed by atoms with Crippen LogP contribution in [0.15, 0.2) is 54.9 Å². The van der Waals surface area contributed by atoms with Crippen molar-refractivity contribution in [3.05, 3.63) is 60.6 Å². The van der Waals surface area contributed by atoms with E-state index in [1.165, 1.54) is 0 Å². The lowest BCUT2D eigenvalue weighted by atomic mass is 10.1. The van der Waals surface area contributed by atoms with Crippen LogP contribution in [0.5, 0.6) is 5.75 Å². The fraction of sp³-hybridized carbons (Fsp3) is 0.318. The van der Waals surface area contributed by atoms with Crippen molar-refractivity contribution in [3.8, 4) is 5.75 Å². The van der Waals surface area contributed by atoms with Crippen LogP contribution in [0.2, 0.25) is 0 Å². The van der Waals surface area contributed by atoms with Gasteiger partial charge in [-0.2, -0.15) is 0 Å². The third-order valence-electron chi connectivity index (χ3n) is 5.48. The number of para-hydroxylation sites is 1. The molecule has 8 heteroatoms. The molecule has 1 saturated heterocycles. The lowest BCUT2D eigenvalue weighted by Crippen LogP contribution is -2.51. The first-order valence-corrected chi connectivity index (χ1v) is 9.97. The molecule has 1 aromatic carbocycles. The number of carbonyl (C=O) groups excluding carboxylic acids is 2. The Bertz CT molecular complexity index is 1000. The smallest absolute Gasteiger partial charge is 0.237 e. The van der Waals surface area contributed by atoms with Crippen molar-refractivity contribution in [1.29, 1.82) is 0 Å². The third-order valence-corrected chi connectivity index (χ3v) is 5.48. The molecule has 3 heterocycles. The van der Waals surface area contributed by atoms with Gasteiger partial charge in [-0.1, -0.05) is 18.2 Å². The van der Waals surface area contributed by atoms with E-state index in [4.69, 9.17) is 10.5 Å². The van der Waals surface area contributed by atoms with Crippen molar-refractivity contribution in [2.45, 2.75) is 38.1 Å². The topological polar surface area (TPSA) is 113 Å². The van der Waals surface area contributed by atoms with E-state index in [1.54, 1.807) is 19.3 Å². The van der Waals surface area contributed by atoms with E-state index in [0.29, 0.717) is 19.5 Å². The maximum Gasteiger partial charge on any atom is 0.237 e. The van der Waals surface area contributed by atoms with Crippen LogP contribution >= 0.6 is 0 Å². The van der Waals surface area contributed by atoms with E-state index in [-0.39, 0.29) is 12.0 Å². The molecule has 4 N–H and O–H groups in total. The molecule has 3 aromatic rings. The van der Waals surface area contributed by atoms with Gasteiger partial charge in [0.05, 0.1) is 18.6 Å². The van der Waals surface area contributed by atoms with Crippen molar-refractivity contribution in [1.82, 2.24) is 20.2 Å². The molecule has 0 spiro atoms. The number of hydrogen-bond donors (Lipinski definition) is 3. The number of amides is 2. The SMILES string of the molecule is C[C@@H](C(=O)NCc1cc2cnccc2[nH]1)N1CC(Oc2ccccc2)CC1C(N)=O. The number of nitrogens with zero attached hydrogens (tertiary/aromatic N) is 2. The Morgan fingerprint density at radius 2 is 2.13 bits per heavy atom. The molecule has 1 aliphatic rings. The summed E-state index contributed by atoms with van der Waals surface area (Å²) in [6.07, 6.45) is 3.74. The van der Waals surface area contributed by atoms with E-state index in [0.717, 1.165) is 22.3 Å². The molecule has 2 aromatic heterocycles. The number of rotatable bonds is 7. The number of nitrogens with two attached hydrogens (primary N) is 1. The van der Waals surface area contributed by atoms with Crippen molar-refractivity contribution in [2.24, 2.45) is 5.73 Å². The van der Waals surface area contributed by atoms with Crippen molar-refractivity contribution >= 4 is 22.7 Å². The molecule has 156 valence electrons. The maximum absolute atomic E-state index is 12.8. The number of aromatic amines is 1. The molecule has 0 saturated carbocycles. The summed E-state index contributed by atoms with van der Waals surface area (Å²) < 4.78 is 5.99. The van der Waals surface area contributed by atoms with Crippen molar-refractivity contribution in [3.63, 3.8) is 0 Å². The minimum absolute atomic E-state index is 0.168. The number of hydrogen-bond acceptors (Lipinski definition) is 5. The van der Waals surface area contributed by atoms with Crippen LogP contribution in [0.4, 0.5) is 0 Å². The van der Waals surface area contributed by atoms with Gasteiger partial charge < -0.3 is 20.8 Å². The monoisotopic (exact) mass is 407 g/mol. The second-order valence-electron chi connectivity index (χ2n) is 7.55. The normalized spacial score (nSPS) is 20.2. The second kappa shape index (κ2) is 8.54. The lowest BCUT2D eigenvalue weighted by molar-refractivity contribution is -0.129. The molecule has 4 rings (SSSR count). The molecule has 0 bridgehead atoms. The quantitative estimate of drug-likeness (QED) is 0.550. The first-order chi connectivity index (χ1) is 14.5. The van der Waals surface area contributed by atoms with E-state index in [1.807, 2.05) is 47.4 Å². The van der Waals surface area contributed by atoms with Crippen LogP contribution in [0.25, 0.3) is 10.9 Å². The highest BCUT2D eigenvalue weighted by molar-refractivity contribution is 5.85. The molecule has 2 amide bonds. The highest BCUT2D eigenvalue weighted by atomic mass is 16.5. The van der Waals surface area contributed by atoms with Crippen LogP contribution in [-0.2, 0) is 16.1 Å². The summed E-state index contributed by atoms with van der Waals surface area (Å²) in [4.78, 5) is 34.0. The number of fused-ring (bicyclic) bond motifs is 1. The summed E-state index contributed by atoms with van der Waals surface area (Å²) in [5.41, 5.74) is 7.47. The van der Waals surface area contributed by atoms with Crippen LogP contribution in [-0.4, -0.2) is 51.4 Å². The molecule has 1 aliphatic heterocycles. The zero-order valence-corrected chi connectivity index (χ0v) is 16.7. The number of H-pyrrole nitrogens is 1. The van der Waals surface area contributed by atoms with Gasteiger partial charge in [-0.05, 0) is 31.2 Å². The predicted molar refractivity (Wildman–Crippen MR) is 113 cm³/mol. The Hall–Kier alpha value is -3.39. The Morgan fingerprint density at radius 3 is 2.87 bits per heavy atom. The van der Waals surface area contributed by atoms with Gasteiger partial charge in [0.25, 0.3) is 0 Å². The van der Waals surface area contributed by atoms with Gasteiger partial charge in [-0.3, -0.25) is 19.5 Å². The van der Waals surface area contributed by atoms with Crippen LogP contribution in [0.1, 0.15) is 19.0 Å². The lowest BCUT2D eigenvalue weighted by Gasteiger charge is -2.27. The second-order valence-corrected chi connectivity index (χ2v) is 7.55. The van der Waals surface area contributed by atoms with Crippen molar-refractivity contribution < 1.29 is 14.3 Å². The average Bonchev–Trinajstić information content (AvgIpc) is 3.36. The van der Waals surface area contributed by atoms with E-state index >= 15 is 0 Å². The van der Waals surface area contributed by atoms with Crippen LogP contribution in [0, 0.1) is 0 Å². The summed E-state index contributed by atoms with van der Waals surface area (Å²) >= 11 is 0. The number of nitrogens with one attached hydrogen (secondary N) is 2. The fourth-order valence-electron chi connectivity index (χ4n) is 3.91. The van der Waals surface area contributed by atoms with E-state index < -0.39 is 18.0 Å². The first-order valence-electron chi connectivity index (χ1n) is 9.97. The number of ether oxygens (including phenoxy) is 1. The highest BCUT2D eigenvalue weighted by Crippen LogP contribution is 2.25. The van der Waals surface area contributed by atoms with Gasteiger partial charge in [-0.25, -0.2) is 0 Å². The average molecular weight is 407 g/mol. The Balaban J connectivity index is 1.39. The van der Waals surface area contributed by atoms with Crippen LogP contribution < -0.4 is 15.8 Å². The van der Waals surface area contributed by atoms with Gasteiger partial charge in [0.15, 0.2) is 0 Å². The number of aromatic nitrogens is 2. The Kier molecular flexibility index (Phi) is 5.67. The van der Waals surface area contributed by atoms with Crippen molar-refractivity contribution in [2.75, 3.05) is 6.54 Å². The fourth-order valence-corrected chi connectivity index (χ4v) is 3.91. The Labute approximate surface area is 174 Å². The molecular weight excluding hydrogens is 382 g/mol. The molecule has 1 fully saturated rings. The van der Waals surface area contributed by atoms with E-state index in [9.17, 15) is 9.59 Å². The minimum Gasteiger partial charge on any atom is -0.489 e. The van der Waals surface area contributed by atoms with Gasteiger partial charge in [0.2, 0.25) is 11.8 Å². The maximum atomic E-state index is 12.8. The molecule has 0 radical (unpaired) electrons. The van der Waals surface area contributed by atoms with Gasteiger partial charge in [0, 0.05) is 42.0 Å². The minimum atomic E-state index is -0.543. The number of primary amides is 1. The molecule has 3 atom stereocenters.